The van der Waals surface area contributed by atoms with Crippen LogP contribution in [0.3, 0.4) is 0 Å². The minimum atomic E-state index is -0.441. The Labute approximate surface area is 264 Å². The Morgan fingerprint density at radius 1 is 0.422 bits per heavy atom. The van der Waals surface area contributed by atoms with E-state index in [0.29, 0.717) is 0 Å². The standard InChI is InChI=1S/C43H32BN/c1-41(2)28-16-10-17-29-37(28)44-38-30(41)18-11-20-32(38)43(33-21-12-19-31(39(33)44)42(29,3)4)27-15-6-8-24-36(27)45-35-23-7-5-13-25(35)26-14-9-22-34(43)40(26)45/h5-24H,1-4H3. The molecule has 1 aromatic heterocycles. The zero-order chi connectivity index (χ0) is 30.0. The molecule has 11 rings (SSSR count). The van der Waals surface area contributed by atoms with E-state index in [1.807, 2.05) is 0 Å². The van der Waals surface area contributed by atoms with Gasteiger partial charge in [-0.25, -0.2) is 0 Å². The van der Waals surface area contributed by atoms with E-state index >= 15 is 0 Å². The number of rotatable bonds is 0. The molecule has 1 nitrogen and oxygen atoms in total. The summed E-state index contributed by atoms with van der Waals surface area (Å²) in [6, 6.07) is 47.0. The number of fused-ring (bicyclic) bond motifs is 9. The summed E-state index contributed by atoms with van der Waals surface area (Å²) >= 11 is 0. The lowest BCUT2D eigenvalue weighted by atomic mass is 9.23. The van der Waals surface area contributed by atoms with Crippen molar-refractivity contribution in [1.82, 2.24) is 4.57 Å². The van der Waals surface area contributed by atoms with Crippen molar-refractivity contribution in [2.45, 2.75) is 43.9 Å². The first-order valence-electron chi connectivity index (χ1n) is 16.4. The number of nitrogens with zero attached hydrogens (tertiary/aromatic N) is 1. The summed E-state index contributed by atoms with van der Waals surface area (Å²) in [5.74, 6) is 0. The molecule has 0 fully saturated rings. The number of benzene rings is 6. The minimum Gasteiger partial charge on any atom is -0.309 e. The Kier molecular flexibility index (Phi) is 4.09. The Hall–Kier alpha value is -4.82. The topological polar surface area (TPSA) is 4.93 Å². The molecule has 4 aliphatic rings. The zero-order valence-corrected chi connectivity index (χ0v) is 26.1. The highest BCUT2D eigenvalue weighted by molar-refractivity contribution is 6.98. The monoisotopic (exact) mass is 573 g/mol. The van der Waals surface area contributed by atoms with Crippen LogP contribution in [0, 0.1) is 0 Å². The fourth-order valence-electron chi connectivity index (χ4n) is 10.6. The number of aromatic nitrogens is 1. The molecule has 0 bridgehead atoms. The molecule has 0 amide bonds. The molecule has 2 heteroatoms. The Balaban J connectivity index is 1.43. The largest absolute Gasteiger partial charge is 0.309 e. The highest BCUT2D eigenvalue weighted by Gasteiger charge is 2.58. The molecule has 7 aromatic rings. The summed E-state index contributed by atoms with van der Waals surface area (Å²) < 4.78 is 2.55. The third kappa shape index (κ3) is 2.43. The van der Waals surface area contributed by atoms with Gasteiger partial charge in [-0.05, 0) is 56.6 Å². The highest BCUT2D eigenvalue weighted by Crippen LogP contribution is 2.56. The summed E-state index contributed by atoms with van der Waals surface area (Å²) in [7, 11) is 0. The van der Waals surface area contributed by atoms with Crippen molar-refractivity contribution in [2.75, 3.05) is 0 Å². The predicted molar refractivity (Wildman–Crippen MR) is 188 cm³/mol. The van der Waals surface area contributed by atoms with Gasteiger partial charge in [0.2, 0.25) is 6.71 Å². The molecular formula is C43H32BN. The SMILES string of the molecule is CC1(C)c2cccc3c2B2c4c1cccc4C1(c4ccccc4-n4c5ccccc5c5cccc1c54)c1cccc(c12)C3(C)C. The molecular weight excluding hydrogens is 541 g/mol. The van der Waals surface area contributed by atoms with Crippen molar-refractivity contribution in [2.24, 2.45) is 0 Å². The quantitative estimate of drug-likeness (QED) is 0.165. The molecule has 6 aromatic carbocycles. The number of hydrogen-bond acceptors (Lipinski definition) is 0. The second kappa shape index (κ2) is 7.52. The molecule has 1 spiro atoms. The first-order chi connectivity index (χ1) is 21.9. The van der Waals surface area contributed by atoms with Gasteiger partial charge in [-0.3, -0.25) is 0 Å². The molecule has 0 radical (unpaired) electrons. The first kappa shape index (κ1) is 24.5. The fourth-order valence-corrected chi connectivity index (χ4v) is 10.6. The number of para-hydroxylation sites is 3. The molecule has 0 saturated carbocycles. The minimum absolute atomic E-state index is 0.108. The normalized spacial score (nSPS) is 17.8. The average molecular weight is 574 g/mol. The third-order valence-electron chi connectivity index (χ3n) is 12.3. The van der Waals surface area contributed by atoms with Crippen LogP contribution >= 0.6 is 0 Å². The van der Waals surface area contributed by atoms with Crippen LogP contribution in [0.2, 0.25) is 0 Å². The molecule has 0 N–H and O–H groups in total. The lowest BCUT2D eigenvalue weighted by molar-refractivity contribution is 0.613. The van der Waals surface area contributed by atoms with E-state index in [-0.39, 0.29) is 17.5 Å². The molecule has 4 aliphatic heterocycles. The Bertz CT molecular complexity index is 2420. The van der Waals surface area contributed by atoms with Gasteiger partial charge < -0.3 is 4.57 Å². The van der Waals surface area contributed by atoms with E-state index in [2.05, 4.69) is 154 Å². The molecule has 0 saturated heterocycles. The summed E-state index contributed by atoms with van der Waals surface area (Å²) in [5, 5.41) is 2.66. The average Bonchev–Trinajstić information content (AvgIpc) is 3.40. The summed E-state index contributed by atoms with van der Waals surface area (Å²) in [6.45, 7) is 10.1. The zero-order valence-electron chi connectivity index (χ0n) is 26.1. The molecule has 0 aliphatic carbocycles. The smallest absolute Gasteiger partial charge is 0.243 e. The van der Waals surface area contributed by atoms with Gasteiger partial charge in [-0.2, -0.15) is 0 Å². The van der Waals surface area contributed by atoms with E-state index in [1.54, 1.807) is 5.46 Å². The number of hydrogen-bond donors (Lipinski definition) is 0. The molecule has 0 atom stereocenters. The van der Waals surface area contributed by atoms with Crippen molar-refractivity contribution in [3.05, 3.63) is 166 Å². The van der Waals surface area contributed by atoms with Crippen LogP contribution in [-0.2, 0) is 16.2 Å². The predicted octanol–water partition coefficient (Wildman–Crippen LogP) is 7.59. The van der Waals surface area contributed by atoms with Crippen molar-refractivity contribution in [1.29, 1.82) is 0 Å². The van der Waals surface area contributed by atoms with Crippen molar-refractivity contribution >= 4 is 44.9 Å². The maximum atomic E-state index is 2.55. The molecule has 212 valence electrons. The van der Waals surface area contributed by atoms with E-state index in [0.717, 1.165) is 0 Å². The van der Waals surface area contributed by atoms with Crippen LogP contribution in [0.15, 0.2) is 121 Å². The van der Waals surface area contributed by atoms with Crippen molar-refractivity contribution in [3.63, 3.8) is 0 Å². The summed E-state index contributed by atoms with van der Waals surface area (Å²) in [5.41, 5.74) is 19.5. The van der Waals surface area contributed by atoms with E-state index in [1.165, 1.54) is 82.9 Å². The van der Waals surface area contributed by atoms with E-state index in [9.17, 15) is 0 Å². The van der Waals surface area contributed by atoms with Crippen LogP contribution in [0.25, 0.3) is 27.5 Å². The molecule has 45 heavy (non-hydrogen) atoms. The maximum Gasteiger partial charge on any atom is 0.243 e. The van der Waals surface area contributed by atoms with Gasteiger partial charge in [0.15, 0.2) is 0 Å². The van der Waals surface area contributed by atoms with Crippen molar-refractivity contribution in [3.8, 4) is 5.69 Å². The van der Waals surface area contributed by atoms with Crippen LogP contribution < -0.4 is 16.4 Å². The lowest BCUT2D eigenvalue weighted by Crippen LogP contribution is -2.72. The van der Waals surface area contributed by atoms with Crippen LogP contribution in [-0.4, -0.2) is 11.3 Å². The van der Waals surface area contributed by atoms with Gasteiger partial charge in [-0.1, -0.05) is 153 Å². The van der Waals surface area contributed by atoms with Gasteiger partial charge >= 0.3 is 0 Å². The van der Waals surface area contributed by atoms with Crippen molar-refractivity contribution < 1.29 is 0 Å². The Morgan fingerprint density at radius 2 is 0.867 bits per heavy atom. The molecule has 5 heterocycles. The second-order valence-electron chi connectivity index (χ2n) is 14.8. The lowest BCUT2D eigenvalue weighted by Gasteiger charge is -2.54. The molecule has 0 unspecified atom stereocenters. The van der Waals surface area contributed by atoms with Crippen LogP contribution in [0.1, 0.15) is 72.2 Å². The summed E-state index contributed by atoms with van der Waals surface area (Å²) in [6.07, 6.45) is 0. The first-order valence-corrected chi connectivity index (χ1v) is 16.4. The van der Waals surface area contributed by atoms with Crippen LogP contribution in [0.4, 0.5) is 0 Å². The maximum absolute atomic E-state index is 2.55. The van der Waals surface area contributed by atoms with Gasteiger partial charge in [0, 0.05) is 21.6 Å². The van der Waals surface area contributed by atoms with Gasteiger partial charge in [0.05, 0.1) is 22.1 Å². The van der Waals surface area contributed by atoms with E-state index in [4.69, 9.17) is 0 Å². The highest BCUT2D eigenvalue weighted by atomic mass is 15.0. The third-order valence-corrected chi connectivity index (χ3v) is 12.3. The van der Waals surface area contributed by atoms with E-state index < -0.39 is 5.41 Å². The van der Waals surface area contributed by atoms with Gasteiger partial charge in [0.1, 0.15) is 0 Å². The van der Waals surface area contributed by atoms with Gasteiger partial charge in [-0.15, -0.1) is 0 Å². The summed E-state index contributed by atoms with van der Waals surface area (Å²) in [4.78, 5) is 0. The Morgan fingerprint density at radius 3 is 1.51 bits per heavy atom. The fraction of sp³-hybridized carbons (Fsp3) is 0.163. The van der Waals surface area contributed by atoms with Crippen LogP contribution in [0.5, 0.6) is 0 Å². The second-order valence-corrected chi connectivity index (χ2v) is 14.8. The van der Waals surface area contributed by atoms with Gasteiger partial charge in [0.25, 0.3) is 0 Å².